The van der Waals surface area contributed by atoms with E-state index in [1.165, 1.54) is 0 Å². The van der Waals surface area contributed by atoms with Crippen molar-refractivity contribution >= 4 is 40.1 Å². The Balaban J connectivity index is 2.49. The largest absolute Gasteiger partial charge is 0.342 e. The third-order valence-corrected chi connectivity index (χ3v) is 3.79. The number of nitrogens with zero attached hydrogens (tertiary/aromatic N) is 1. The van der Waals surface area contributed by atoms with Gasteiger partial charge in [-0.25, -0.2) is 0 Å². The van der Waals surface area contributed by atoms with Gasteiger partial charge in [-0.2, -0.15) is 0 Å². The molecule has 0 saturated heterocycles. The third kappa shape index (κ3) is 4.84. The number of benzene rings is 1. The Kier molecular flexibility index (Phi) is 6.89. The Labute approximate surface area is 121 Å². The molecule has 0 atom stereocenters. The Morgan fingerprint density at radius 1 is 1.29 bits per heavy atom. The van der Waals surface area contributed by atoms with Gasteiger partial charge in [0.1, 0.15) is 0 Å². The van der Waals surface area contributed by atoms with E-state index in [-0.39, 0.29) is 5.91 Å². The maximum absolute atomic E-state index is 12.1. The highest BCUT2D eigenvalue weighted by Crippen LogP contribution is 2.13. The van der Waals surface area contributed by atoms with Gasteiger partial charge in [-0.15, -0.1) is 11.6 Å². The SMILES string of the molecule is CN(CCCCCCl)C(=O)c1ccccc1I. The number of carbonyl (C=O) groups excluding carboxylic acids is 1. The zero-order chi connectivity index (χ0) is 12.7. The highest BCUT2D eigenvalue weighted by Gasteiger charge is 2.13. The summed E-state index contributed by atoms with van der Waals surface area (Å²) in [5, 5.41) is 0. The number of hydrogen-bond donors (Lipinski definition) is 0. The molecule has 0 heterocycles. The van der Waals surface area contributed by atoms with Gasteiger partial charge in [-0.3, -0.25) is 4.79 Å². The number of alkyl halides is 1. The molecule has 4 heteroatoms. The monoisotopic (exact) mass is 365 g/mol. The second-order valence-corrected chi connectivity index (χ2v) is 5.50. The molecule has 0 spiro atoms. The van der Waals surface area contributed by atoms with Crippen molar-refractivity contribution < 1.29 is 4.79 Å². The van der Waals surface area contributed by atoms with E-state index in [2.05, 4.69) is 22.6 Å². The molecule has 0 saturated carbocycles. The first-order chi connectivity index (χ1) is 8.16. The molecule has 0 fully saturated rings. The maximum Gasteiger partial charge on any atom is 0.254 e. The van der Waals surface area contributed by atoms with E-state index < -0.39 is 0 Å². The van der Waals surface area contributed by atoms with Crippen LogP contribution in [0.2, 0.25) is 0 Å². The molecule has 0 unspecified atom stereocenters. The molecular weight excluding hydrogens is 349 g/mol. The lowest BCUT2D eigenvalue weighted by Gasteiger charge is -2.17. The summed E-state index contributed by atoms with van der Waals surface area (Å²) >= 11 is 7.81. The summed E-state index contributed by atoms with van der Waals surface area (Å²) in [5.41, 5.74) is 0.785. The number of carbonyl (C=O) groups is 1. The lowest BCUT2D eigenvalue weighted by atomic mass is 10.2. The van der Waals surface area contributed by atoms with Crippen molar-refractivity contribution in [1.29, 1.82) is 0 Å². The van der Waals surface area contributed by atoms with Crippen LogP contribution in [0, 0.1) is 3.57 Å². The average molecular weight is 366 g/mol. The van der Waals surface area contributed by atoms with Crippen LogP contribution < -0.4 is 0 Å². The van der Waals surface area contributed by atoms with Crippen LogP contribution in [0.3, 0.4) is 0 Å². The first-order valence-electron chi connectivity index (χ1n) is 5.72. The van der Waals surface area contributed by atoms with Crippen LogP contribution >= 0.6 is 34.2 Å². The Bertz CT molecular complexity index is 370. The topological polar surface area (TPSA) is 20.3 Å². The van der Waals surface area contributed by atoms with Gasteiger partial charge in [0.2, 0.25) is 0 Å². The first kappa shape index (κ1) is 14.8. The average Bonchev–Trinajstić information content (AvgIpc) is 2.34. The number of halogens is 2. The highest BCUT2D eigenvalue weighted by molar-refractivity contribution is 14.1. The number of amides is 1. The second-order valence-electron chi connectivity index (χ2n) is 3.96. The summed E-state index contributed by atoms with van der Waals surface area (Å²) in [4.78, 5) is 13.9. The van der Waals surface area contributed by atoms with Crippen LogP contribution in [0.1, 0.15) is 29.6 Å². The van der Waals surface area contributed by atoms with E-state index in [1.807, 2.05) is 31.3 Å². The fourth-order valence-corrected chi connectivity index (χ4v) is 2.37. The maximum atomic E-state index is 12.1. The molecule has 94 valence electrons. The predicted molar refractivity (Wildman–Crippen MR) is 80.7 cm³/mol. The minimum atomic E-state index is 0.0980. The van der Waals surface area contributed by atoms with E-state index in [1.54, 1.807) is 4.90 Å². The molecule has 2 nitrogen and oxygen atoms in total. The van der Waals surface area contributed by atoms with E-state index in [9.17, 15) is 4.79 Å². The highest BCUT2D eigenvalue weighted by atomic mass is 127. The van der Waals surface area contributed by atoms with Gasteiger partial charge >= 0.3 is 0 Å². The van der Waals surface area contributed by atoms with E-state index in [0.717, 1.165) is 34.9 Å². The van der Waals surface area contributed by atoms with Crippen LogP contribution in [0.4, 0.5) is 0 Å². The minimum absolute atomic E-state index is 0.0980. The minimum Gasteiger partial charge on any atom is -0.342 e. The van der Waals surface area contributed by atoms with Crippen molar-refractivity contribution in [2.24, 2.45) is 0 Å². The van der Waals surface area contributed by atoms with E-state index in [4.69, 9.17) is 11.6 Å². The fourth-order valence-electron chi connectivity index (χ4n) is 1.56. The summed E-state index contributed by atoms with van der Waals surface area (Å²) in [6.07, 6.45) is 3.11. The number of hydrogen-bond acceptors (Lipinski definition) is 1. The molecule has 0 aliphatic carbocycles. The smallest absolute Gasteiger partial charge is 0.254 e. The summed E-state index contributed by atoms with van der Waals surface area (Å²) < 4.78 is 1.00. The van der Waals surface area contributed by atoms with Crippen LogP contribution in [-0.4, -0.2) is 30.3 Å². The summed E-state index contributed by atoms with van der Waals surface area (Å²) in [7, 11) is 1.85. The molecular formula is C13H17ClINO. The molecule has 0 aliphatic heterocycles. The predicted octanol–water partition coefficient (Wildman–Crippen LogP) is 3.77. The van der Waals surface area contributed by atoms with E-state index >= 15 is 0 Å². The lowest BCUT2D eigenvalue weighted by Crippen LogP contribution is -2.28. The molecule has 1 aromatic carbocycles. The van der Waals surface area contributed by atoms with Gasteiger partial charge in [0.15, 0.2) is 0 Å². The molecule has 0 aliphatic rings. The van der Waals surface area contributed by atoms with Crippen LogP contribution in [0.5, 0.6) is 0 Å². The molecule has 17 heavy (non-hydrogen) atoms. The quantitative estimate of drug-likeness (QED) is 0.427. The van der Waals surface area contributed by atoms with Crippen LogP contribution in [-0.2, 0) is 0 Å². The first-order valence-corrected chi connectivity index (χ1v) is 7.34. The fraction of sp³-hybridized carbons (Fsp3) is 0.462. The molecule has 0 aromatic heterocycles. The van der Waals surface area contributed by atoms with Crippen molar-refractivity contribution in [2.75, 3.05) is 19.5 Å². The van der Waals surface area contributed by atoms with Crippen molar-refractivity contribution in [3.8, 4) is 0 Å². The Morgan fingerprint density at radius 3 is 2.65 bits per heavy atom. The van der Waals surface area contributed by atoms with Gasteiger partial charge in [0.25, 0.3) is 5.91 Å². The van der Waals surface area contributed by atoms with Crippen molar-refractivity contribution in [1.82, 2.24) is 4.90 Å². The normalized spacial score (nSPS) is 10.3. The van der Waals surface area contributed by atoms with Crippen molar-refractivity contribution in [2.45, 2.75) is 19.3 Å². The van der Waals surface area contributed by atoms with Gasteiger partial charge < -0.3 is 4.90 Å². The zero-order valence-electron chi connectivity index (χ0n) is 9.96. The molecule has 0 bridgehead atoms. The standard InChI is InChI=1S/C13H17ClINO/c1-16(10-6-2-5-9-14)13(17)11-7-3-4-8-12(11)15/h3-4,7-8H,2,5-6,9-10H2,1H3. The summed E-state index contributed by atoms with van der Waals surface area (Å²) in [5.74, 6) is 0.801. The Morgan fingerprint density at radius 2 is 2.00 bits per heavy atom. The number of rotatable bonds is 6. The molecule has 1 aromatic rings. The molecule has 1 rings (SSSR count). The molecule has 0 radical (unpaired) electrons. The van der Waals surface area contributed by atoms with Gasteiger partial charge in [0, 0.05) is 23.0 Å². The van der Waals surface area contributed by atoms with Crippen molar-refractivity contribution in [3.63, 3.8) is 0 Å². The third-order valence-electron chi connectivity index (χ3n) is 2.58. The van der Waals surface area contributed by atoms with Gasteiger partial charge in [-0.1, -0.05) is 18.6 Å². The Hall–Kier alpha value is -0.290. The molecule has 1 amide bonds. The van der Waals surface area contributed by atoms with E-state index in [0.29, 0.717) is 5.88 Å². The van der Waals surface area contributed by atoms with Gasteiger partial charge in [0.05, 0.1) is 5.56 Å². The summed E-state index contributed by atoms with van der Waals surface area (Å²) in [6.45, 7) is 0.792. The van der Waals surface area contributed by atoms with Crippen LogP contribution in [0.15, 0.2) is 24.3 Å². The van der Waals surface area contributed by atoms with Crippen molar-refractivity contribution in [3.05, 3.63) is 33.4 Å². The molecule has 0 N–H and O–H groups in total. The zero-order valence-corrected chi connectivity index (χ0v) is 12.9. The number of unbranched alkanes of at least 4 members (excludes halogenated alkanes) is 2. The lowest BCUT2D eigenvalue weighted by molar-refractivity contribution is 0.0791. The second kappa shape index (κ2) is 7.93. The van der Waals surface area contributed by atoms with Crippen LogP contribution in [0.25, 0.3) is 0 Å². The van der Waals surface area contributed by atoms with Gasteiger partial charge in [-0.05, 0) is 47.6 Å². The summed E-state index contributed by atoms with van der Waals surface area (Å²) in [6, 6.07) is 7.67.